The molecule has 0 aliphatic rings. The maximum atomic E-state index is 10.0. The summed E-state index contributed by atoms with van der Waals surface area (Å²) in [7, 11) is 0. The Morgan fingerprint density at radius 2 is 1.18 bits per heavy atom. The van der Waals surface area contributed by atoms with E-state index in [1.165, 1.54) is 18.5 Å². The number of nitrogen functional groups attached to an aromatic ring is 2. The summed E-state index contributed by atoms with van der Waals surface area (Å²) in [6.45, 7) is 0. The van der Waals surface area contributed by atoms with Crippen LogP contribution in [0.2, 0.25) is 0 Å². The molecule has 0 aliphatic carbocycles. The Morgan fingerprint density at radius 1 is 0.727 bits per heavy atom. The van der Waals surface area contributed by atoms with E-state index in [-0.39, 0.29) is 23.4 Å². The molecule has 0 bridgehead atoms. The number of phenols is 2. The molecule has 3 rings (SSSR count). The van der Waals surface area contributed by atoms with Crippen LogP contribution in [0.25, 0.3) is 22.5 Å². The van der Waals surface area contributed by atoms with Crippen LogP contribution in [0.15, 0.2) is 36.7 Å². The number of nitrogens with two attached hydrogens (primary N) is 2. The SMILES string of the molecule is Nc1nccc(-c2cc(-c3ccnc(N)n3)c(O)cc2O)n1. The maximum absolute atomic E-state index is 10.0. The number of hydrogen-bond donors (Lipinski definition) is 4. The number of aromatic nitrogens is 4. The van der Waals surface area contributed by atoms with Gasteiger partial charge in [-0.1, -0.05) is 0 Å². The molecule has 110 valence electrons. The van der Waals surface area contributed by atoms with Crippen LogP contribution in [0.3, 0.4) is 0 Å². The number of aromatic hydroxyl groups is 2. The lowest BCUT2D eigenvalue weighted by atomic mass is 10.0. The van der Waals surface area contributed by atoms with Crippen LogP contribution < -0.4 is 11.5 Å². The van der Waals surface area contributed by atoms with Crippen molar-refractivity contribution in [3.63, 3.8) is 0 Å². The van der Waals surface area contributed by atoms with E-state index in [9.17, 15) is 10.2 Å². The van der Waals surface area contributed by atoms with E-state index in [0.717, 1.165) is 0 Å². The van der Waals surface area contributed by atoms with Gasteiger partial charge in [0.25, 0.3) is 0 Å². The zero-order valence-corrected chi connectivity index (χ0v) is 11.3. The molecule has 0 aliphatic heterocycles. The number of benzene rings is 1. The number of phenolic OH excluding ortho intramolecular Hbond substituents is 2. The first kappa shape index (κ1) is 13.6. The van der Waals surface area contributed by atoms with Crippen molar-refractivity contribution in [3.05, 3.63) is 36.7 Å². The van der Waals surface area contributed by atoms with Crippen molar-refractivity contribution in [1.29, 1.82) is 0 Å². The van der Waals surface area contributed by atoms with Gasteiger partial charge in [0, 0.05) is 29.6 Å². The fourth-order valence-corrected chi connectivity index (χ4v) is 2.04. The van der Waals surface area contributed by atoms with E-state index in [1.807, 2.05) is 0 Å². The molecule has 0 atom stereocenters. The Labute approximate surface area is 125 Å². The van der Waals surface area contributed by atoms with Crippen LogP contribution in [-0.2, 0) is 0 Å². The third-order valence-corrected chi connectivity index (χ3v) is 3.01. The highest BCUT2D eigenvalue weighted by atomic mass is 16.3. The van der Waals surface area contributed by atoms with E-state index in [4.69, 9.17) is 11.5 Å². The molecule has 0 unspecified atom stereocenters. The quantitative estimate of drug-likeness (QED) is 0.551. The summed E-state index contributed by atoms with van der Waals surface area (Å²) in [5.41, 5.74) is 12.7. The summed E-state index contributed by atoms with van der Waals surface area (Å²) < 4.78 is 0. The minimum atomic E-state index is -0.138. The van der Waals surface area contributed by atoms with Crippen molar-refractivity contribution < 1.29 is 10.2 Å². The zero-order valence-electron chi connectivity index (χ0n) is 11.3. The number of anilines is 2. The van der Waals surface area contributed by atoms with Gasteiger partial charge in [-0.3, -0.25) is 0 Å². The van der Waals surface area contributed by atoms with E-state index in [1.54, 1.807) is 18.2 Å². The van der Waals surface area contributed by atoms with Crippen LogP contribution in [0.1, 0.15) is 0 Å². The minimum absolute atomic E-state index is 0.0813. The van der Waals surface area contributed by atoms with Crippen molar-refractivity contribution >= 4 is 11.9 Å². The van der Waals surface area contributed by atoms with Crippen LogP contribution in [0.5, 0.6) is 11.5 Å². The van der Waals surface area contributed by atoms with Crippen LogP contribution in [-0.4, -0.2) is 30.1 Å². The largest absolute Gasteiger partial charge is 0.507 e. The second-order valence-electron chi connectivity index (χ2n) is 4.49. The smallest absolute Gasteiger partial charge is 0.220 e. The highest BCUT2D eigenvalue weighted by molar-refractivity contribution is 5.79. The maximum Gasteiger partial charge on any atom is 0.220 e. The van der Waals surface area contributed by atoms with E-state index in [2.05, 4.69) is 19.9 Å². The Bertz CT molecular complexity index is 786. The first-order valence-electron chi connectivity index (χ1n) is 6.28. The Kier molecular flexibility index (Phi) is 3.18. The molecule has 8 nitrogen and oxygen atoms in total. The Morgan fingerprint density at radius 3 is 1.59 bits per heavy atom. The predicted molar refractivity (Wildman–Crippen MR) is 80.6 cm³/mol. The van der Waals surface area contributed by atoms with Crippen LogP contribution in [0.4, 0.5) is 11.9 Å². The lowest BCUT2D eigenvalue weighted by Crippen LogP contribution is -1.97. The fourth-order valence-electron chi connectivity index (χ4n) is 2.04. The monoisotopic (exact) mass is 296 g/mol. The van der Waals surface area contributed by atoms with Gasteiger partial charge in [0.2, 0.25) is 11.9 Å². The first-order chi connectivity index (χ1) is 10.5. The van der Waals surface area contributed by atoms with Crippen molar-refractivity contribution in [2.45, 2.75) is 0 Å². The number of rotatable bonds is 2. The summed E-state index contributed by atoms with van der Waals surface area (Å²) in [6.07, 6.45) is 2.96. The van der Waals surface area contributed by atoms with Gasteiger partial charge in [-0.05, 0) is 18.2 Å². The molecule has 22 heavy (non-hydrogen) atoms. The normalized spacial score (nSPS) is 10.5. The third kappa shape index (κ3) is 2.44. The summed E-state index contributed by atoms with van der Waals surface area (Å²) in [6, 6.07) is 5.95. The van der Waals surface area contributed by atoms with Crippen LogP contribution >= 0.6 is 0 Å². The van der Waals surface area contributed by atoms with Gasteiger partial charge in [-0.15, -0.1) is 0 Å². The molecule has 3 aromatic rings. The lowest BCUT2D eigenvalue weighted by molar-refractivity contribution is 0.453. The van der Waals surface area contributed by atoms with Crippen molar-refractivity contribution in [2.24, 2.45) is 0 Å². The molecule has 1 aromatic carbocycles. The second kappa shape index (κ2) is 5.17. The number of nitrogens with zero attached hydrogens (tertiary/aromatic N) is 4. The van der Waals surface area contributed by atoms with Gasteiger partial charge in [0.1, 0.15) is 11.5 Å². The molecule has 2 aromatic heterocycles. The molecule has 6 N–H and O–H groups in total. The van der Waals surface area contributed by atoms with Gasteiger partial charge in [0.15, 0.2) is 0 Å². The summed E-state index contributed by atoms with van der Waals surface area (Å²) in [5, 5.41) is 20.1. The van der Waals surface area contributed by atoms with E-state index >= 15 is 0 Å². The third-order valence-electron chi connectivity index (χ3n) is 3.01. The molecule has 2 heterocycles. The molecule has 0 radical (unpaired) electrons. The minimum Gasteiger partial charge on any atom is -0.507 e. The summed E-state index contributed by atoms with van der Waals surface area (Å²) in [5.74, 6) is -0.113. The second-order valence-corrected chi connectivity index (χ2v) is 4.49. The average Bonchev–Trinajstić information content (AvgIpc) is 2.47. The molecular weight excluding hydrogens is 284 g/mol. The molecule has 0 spiro atoms. The standard InChI is InChI=1S/C14H12N6O2/c15-13-17-3-1-9(19-13)7-5-8(12(22)6-11(7)21)10-2-4-18-14(16)20-10/h1-6,21-22H,(H2,15,17,19)(H2,16,18,20). The Balaban J connectivity index is 2.19. The van der Waals surface area contributed by atoms with Gasteiger partial charge in [-0.2, -0.15) is 0 Å². The first-order valence-corrected chi connectivity index (χ1v) is 6.28. The van der Waals surface area contributed by atoms with E-state index < -0.39 is 0 Å². The molecule has 0 saturated heterocycles. The summed E-state index contributed by atoms with van der Waals surface area (Å²) in [4.78, 5) is 15.7. The fraction of sp³-hybridized carbons (Fsp3) is 0. The lowest BCUT2D eigenvalue weighted by Gasteiger charge is -2.10. The van der Waals surface area contributed by atoms with Gasteiger partial charge in [0.05, 0.1) is 11.4 Å². The van der Waals surface area contributed by atoms with Crippen LogP contribution in [0, 0.1) is 0 Å². The van der Waals surface area contributed by atoms with Gasteiger partial charge in [-0.25, -0.2) is 19.9 Å². The molecule has 0 amide bonds. The molecule has 0 fully saturated rings. The number of hydrogen-bond acceptors (Lipinski definition) is 8. The predicted octanol–water partition coefficient (Wildman–Crippen LogP) is 1.18. The van der Waals surface area contributed by atoms with Crippen molar-refractivity contribution in [1.82, 2.24) is 19.9 Å². The zero-order chi connectivity index (χ0) is 15.7. The highest BCUT2D eigenvalue weighted by Crippen LogP contribution is 2.38. The Hall–Kier alpha value is -3.42. The summed E-state index contributed by atoms with van der Waals surface area (Å²) >= 11 is 0. The topological polar surface area (TPSA) is 144 Å². The van der Waals surface area contributed by atoms with Crippen molar-refractivity contribution in [2.75, 3.05) is 11.5 Å². The highest BCUT2D eigenvalue weighted by Gasteiger charge is 2.14. The van der Waals surface area contributed by atoms with Crippen molar-refractivity contribution in [3.8, 4) is 34.0 Å². The molecule has 8 heteroatoms. The van der Waals surface area contributed by atoms with E-state index in [0.29, 0.717) is 22.5 Å². The average molecular weight is 296 g/mol. The van der Waals surface area contributed by atoms with Gasteiger partial charge < -0.3 is 21.7 Å². The van der Waals surface area contributed by atoms with Gasteiger partial charge >= 0.3 is 0 Å². The molecular formula is C14H12N6O2. The molecule has 0 saturated carbocycles.